The lowest BCUT2D eigenvalue weighted by molar-refractivity contribution is -0.144. The molecule has 2 unspecified atom stereocenters. The van der Waals surface area contributed by atoms with E-state index in [9.17, 15) is 24.3 Å². The highest BCUT2D eigenvalue weighted by Gasteiger charge is 2.27. The first-order valence-electron chi connectivity index (χ1n) is 10.3. The van der Waals surface area contributed by atoms with Gasteiger partial charge in [-0.25, -0.2) is 14.8 Å². The van der Waals surface area contributed by atoms with Crippen molar-refractivity contribution < 1.29 is 24.2 Å². The van der Waals surface area contributed by atoms with E-state index < -0.39 is 35.4 Å². The van der Waals surface area contributed by atoms with E-state index in [0.29, 0.717) is 25.1 Å². The van der Waals surface area contributed by atoms with E-state index in [0.717, 1.165) is 0 Å². The van der Waals surface area contributed by atoms with Crippen molar-refractivity contribution in [2.45, 2.75) is 44.3 Å². The summed E-state index contributed by atoms with van der Waals surface area (Å²) >= 11 is 0. The predicted molar refractivity (Wildman–Crippen MR) is 116 cm³/mol. The Morgan fingerprint density at radius 1 is 1.30 bits per heavy atom. The van der Waals surface area contributed by atoms with Gasteiger partial charge in [0.25, 0.3) is 5.56 Å². The predicted octanol–water partition coefficient (Wildman–Crippen LogP) is -0.758. The van der Waals surface area contributed by atoms with Gasteiger partial charge in [0, 0.05) is 19.0 Å². The zero-order valence-electron chi connectivity index (χ0n) is 17.9. The summed E-state index contributed by atoms with van der Waals surface area (Å²) in [5.74, 6) is -2.66. The number of methoxy groups -OCH3 is 1. The summed E-state index contributed by atoms with van der Waals surface area (Å²) in [6.45, 7) is 0.341. The summed E-state index contributed by atoms with van der Waals surface area (Å²) in [7, 11) is 1.22. The van der Waals surface area contributed by atoms with E-state index in [1.54, 1.807) is 6.08 Å². The van der Waals surface area contributed by atoms with Gasteiger partial charge in [-0.15, -0.1) is 0 Å². The minimum absolute atomic E-state index is 0.0308. The molecule has 2 aromatic rings. The number of nitrogens with zero attached hydrogens (tertiary/aromatic N) is 3. The largest absolute Gasteiger partial charge is 0.480 e. The van der Waals surface area contributed by atoms with Gasteiger partial charge in [-0.1, -0.05) is 12.2 Å². The van der Waals surface area contributed by atoms with Crippen molar-refractivity contribution in [2.24, 2.45) is 5.92 Å². The lowest BCUT2D eigenvalue weighted by Gasteiger charge is -2.24. The molecule has 0 aliphatic heterocycles. The number of carbonyl (C=O) groups excluding carboxylic acids is 2. The van der Waals surface area contributed by atoms with Crippen molar-refractivity contribution in [3.63, 3.8) is 0 Å². The zero-order chi connectivity index (χ0) is 24.0. The molecule has 6 N–H and O–H groups in total. The molecule has 0 radical (unpaired) electrons. The third-order valence-corrected chi connectivity index (χ3v) is 5.21. The van der Waals surface area contributed by atoms with Crippen LogP contribution in [0.15, 0.2) is 23.1 Å². The van der Waals surface area contributed by atoms with Crippen molar-refractivity contribution in [1.82, 2.24) is 30.6 Å². The van der Waals surface area contributed by atoms with Crippen LogP contribution in [-0.4, -0.2) is 62.1 Å². The molecule has 0 fully saturated rings. The van der Waals surface area contributed by atoms with Crippen LogP contribution in [0.25, 0.3) is 11.2 Å². The first-order valence-corrected chi connectivity index (χ1v) is 10.3. The quantitative estimate of drug-likeness (QED) is 0.233. The Morgan fingerprint density at radius 2 is 2.09 bits per heavy atom. The van der Waals surface area contributed by atoms with Gasteiger partial charge < -0.3 is 26.2 Å². The second kappa shape index (κ2) is 10.6. The third-order valence-electron chi connectivity index (χ3n) is 5.21. The van der Waals surface area contributed by atoms with Crippen molar-refractivity contribution in [1.29, 1.82) is 0 Å². The molecule has 0 bridgehead atoms. The summed E-state index contributed by atoms with van der Waals surface area (Å²) in [4.78, 5) is 61.7. The van der Waals surface area contributed by atoms with Crippen molar-refractivity contribution >= 4 is 35.0 Å². The number of nitrogens with one attached hydrogen (secondary N) is 3. The molecule has 0 aromatic carbocycles. The standard InChI is InChI=1S/C20H25N7O6/c1-33-14(28)7-6-13(19(31)32)25-17(29)10-2-4-11(5-3-10)22-8-12-9-23-16-15(24-12)18(30)27-20(21)26-16/h2,4,9-11,13,22H,3,5-8H2,1H3,(H,25,29)(H,31,32)(H3,21,23,26,27,30)/t10?,11?,13-/m0/s1. The number of hydrogen-bond acceptors (Lipinski definition) is 10. The fraction of sp³-hybridized carbons (Fsp3) is 0.450. The Bertz CT molecular complexity index is 1130. The summed E-state index contributed by atoms with van der Waals surface area (Å²) in [5, 5.41) is 15.0. The first-order chi connectivity index (χ1) is 15.8. The topological polar surface area (TPSA) is 202 Å². The summed E-state index contributed by atoms with van der Waals surface area (Å²) in [6, 6.07) is -1.20. The van der Waals surface area contributed by atoms with E-state index in [1.165, 1.54) is 13.3 Å². The fourth-order valence-electron chi connectivity index (χ4n) is 3.40. The number of aromatic amines is 1. The molecule has 0 saturated carbocycles. The molecule has 2 heterocycles. The van der Waals surface area contributed by atoms with Gasteiger partial charge in [0.2, 0.25) is 11.9 Å². The van der Waals surface area contributed by atoms with E-state index in [-0.39, 0.29) is 36.0 Å². The second-order valence-electron chi connectivity index (χ2n) is 7.56. The van der Waals surface area contributed by atoms with Gasteiger partial charge in [0.15, 0.2) is 11.2 Å². The smallest absolute Gasteiger partial charge is 0.326 e. The Hall–Kier alpha value is -3.87. The number of nitrogens with two attached hydrogens (primary N) is 1. The zero-order valence-corrected chi connectivity index (χ0v) is 17.9. The van der Waals surface area contributed by atoms with Gasteiger partial charge in [0.1, 0.15) is 6.04 Å². The first kappa shape index (κ1) is 23.8. The van der Waals surface area contributed by atoms with Gasteiger partial charge in [0.05, 0.1) is 24.9 Å². The van der Waals surface area contributed by atoms with E-state index >= 15 is 0 Å². The molecule has 3 rings (SSSR count). The molecule has 0 spiro atoms. The molecular formula is C20H25N7O6. The van der Waals surface area contributed by atoms with Gasteiger partial charge in [-0.05, 0) is 19.3 Å². The molecule has 1 amide bonds. The molecule has 3 atom stereocenters. The van der Waals surface area contributed by atoms with E-state index in [1.807, 2.05) is 6.08 Å². The number of H-pyrrole nitrogens is 1. The van der Waals surface area contributed by atoms with Crippen LogP contribution in [0, 0.1) is 5.92 Å². The van der Waals surface area contributed by atoms with Crippen LogP contribution >= 0.6 is 0 Å². The van der Waals surface area contributed by atoms with Gasteiger partial charge in [-0.3, -0.25) is 19.4 Å². The highest BCUT2D eigenvalue weighted by molar-refractivity contribution is 5.86. The monoisotopic (exact) mass is 459 g/mol. The normalized spacial score (nSPS) is 18.6. The molecular weight excluding hydrogens is 434 g/mol. The number of rotatable bonds is 9. The average Bonchev–Trinajstić information content (AvgIpc) is 2.80. The number of fused-ring (bicyclic) bond motifs is 1. The van der Waals surface area contributed by atoms with E-state index in [4.69, 9.17) is 5.73 Å². The van der Waals surface area contributed by atoms with Crippen LogP contribution in [0.4, 0.5) is 5.95 Å². The number of carboxylic acid groups (broad SMARTS) is 1. The van der Waals surface area contributed by atoms with Crippen LogP contribution < -0.4 is 21.9 Å². The van der Waals surface area contributed by atoms with Gasteiger partial charge in [-0.2, -0.15) is 4.98 Å². The number of nitrogen functional groups attached to an aromatic ring is 1. The molecule has 13 heteroatoms. The highest BCUT2D eigenvalue weighted by Crippen LogP contribution is 2.19. The Labute approximate surface area is 187 Å². The molecule has 13 nitrogen and oxygen atoms in total. The number of amides is 1. The number of hydrogen-bond donors (Lipinski definition) is 5. The van der Waals surface area contributed by atoms with Crippen molar-refractivity contribution in [2.75, 3.05) is 12.8 Å². The lowest BCUT2D eigenvalue weighted by Crippen LogP contribution is -2.44. The number of carbonyl (C=O) groups is 3. The molecule has 0 saturated heterocycles. The Morgan fingerprint density at radius 3 is 2.76 bits per heavy atom. The number of anilines is 1. The Balaban J connectivity index is 1.53. The minimum atomic E-state index is -1.21. The van der Waals surface area contributed by atoms with Crippen molar-refractivity contribution in [3.8, 4) is 0 Å². The maximum Gasteiger partial charge on any atom is 0.326 e. The second-order valence-corrected chi connectivity index (χ2v) is 7.56. The maximum absolute atomic E-state index is 12.5. The van der Waals surface area contributed by atoms with Crippen molar-refractivity contribution in [3.05, 3.63) is 34.4 Å². The lowest BCUT2D eigenvalue weighted by atomic mass is 9.91. The summed E-state index contributed by atoms with van der Waals surface area (Å²) in [6.07, 6.45) is 6.05. The maximum atomic E-state index is 12.5. The number of ether oxygens (including phenoxy) is 1. The van der Waals surface area contributed by atoms with Crippen LogP contribution in [0.2, 0.25) is 0 Å². The SMILES string of the molecule is COC(=O)CC[C@H](NC(=O)C1C=CC(NCc2cnc3nc(N)[nH]c(=O)c3n2)CC1)C(=O)O. The van der Waals surface area contributed by atoms with Gasteiger partial charge >= 0.3 is 11.9 Å². The summed E-state index contributed by atoms with van der Waals surface area (Å²) in [5.41, 5.74) is 5.83. The minimum Gasteiger partial charge on any atom is -0.480 e. The number of carboxylic acids is 1. The molecule has 33 heavy (non-hydrogen) atoms. The average molecular weight is 459 g/mol. The van der Waals surface area contributed by atoms with Crippen LogP contribution in [-0.2, 0) is 25.7 Å². The fourth-order valence-corrected chi connectivity index (χ4v) is 3.40. The van der Waals surface area contributed by atoms with Crippen LogP contribution in [0.3, 0.4) is 0 Å². The van der Waals surface area contributed by atoms with Crippen LogP contribution in [0.5, 0.6) is 0 Å². The third kappa shape index (κ3) is 6.32. The highest BCUT2D eigenvalue weighted by atomic mass is 16.5. The molecule has 1 aliphatic rings. The molecule has 176 valence electrons. The number of aromatic nitrogens is 4. The van der Waals surface area contributed by atoms with Crippen LogP contribution in [0.1, 0.15) is 31.4 Å². The number of aliphatic carboxylic acids is 1. The van der Waals surface area contributed by atoms with E-state index in [2.05, 4.69) is 35.3 Å². The summed E-state index contributed by atoms with van der Waals surface area (Å²) < 4.78 is 4.50. The molecule has 2 aromatic heterocycles. The number of esters is 1. The Kier molecular flexibility index (Phi) is 7.66. The molecule has 1 aliphatic carbocycles.